The van der Waals surface area contributed by atoms with Gasteiger partial charge in [-0.3, -0.25) is 0 Å². The van der Waals surface area contributed by atoms with E-state index < -0.39 is 5.97 Å². The first-order valence-corrected chi connectivity index (χ1v) is 1.78. The zero-order chi connectivity index (χ0) is 5.15. The van der Waals surface area contributed by atoms with Crippen LogP contribution in [0.15, 0.2) is 11.8 Å². The molecule has 0 aromatic carbocycles. The Morgan fingerprint density at radius 1 is 1.71 bits per heavy atom. The lowest BCUT2D eigenvalue weighted by atomic mass is 10.7. The Labute approximate surface area is 44.4 Å². The zero-order valence-electron chi connectivity index (χ0n) is 3.56. The highest BCUT2D eigenvalue weighted by Gasteiger charge is 1.90. The van der Waals surface area contributed by atoms with Crippen LogP contribution in [0.1, 0.15) is 0 Å². The minimum atomic E-state index is -1.02. The third kappa shape index (κ3) is 5.39. The third-order valence-corrected chi connectivity index (χ3v) is 0.472. The fraction of sp³-hybridized carbons (Fsp3) is 0. The van der Waals surface area contributed by atoms with Gasteiger partial charge in [-0.05, 0) is 0 Å². The monoisotopic (exact) mass is 117 g/mol. The molecule has 0 aromatic rings. The van der Waals surface area contributed by atoms with E-state index >= 15 is 0 Å². The van der Waals surface area contributed by atoms with Crippen molar-refractivity contribution in [1.82, 2.24) is 0 Å². The number of rotatable bonds is 1. The summed E-state index contributed by atoms with van der Waals surface area (Å²) in [5.41, 5.74) is 0. The van der Waals surface area contributed by atoms with Crippen LogP contribution in [0.3, 0.4) is 0 Å². The fourth-order valence-corrected chi connectivity index (χ4v) is 0. The number of carboxylic acid groups (broad SMARTS) is 1. The number of hydrogen-bond acceptors (Lipinski definition) is 1. The predicted molar refractivity (Wildman–Crippen MR) is 26.1 cm³/mol. The zero-order valence-corrected chi connectivity index (χ0v) is 4.56. The molecule has 4 heteroatoms. The maximum atomic E-state index is 9.55. The summed E-state index contributed by atoms with van der Waals surface area (Å²) in [6.07, 6.45) is 0. The first-order valence-electron chi connectivity index (χ1n) is 1.28. The molecule has 0 aliphatic rings. The molecule has 0 amide bonds. The molecule has 0 bridgehead atoms. The number of carboxylic acids is 1. The molecule has 7 heavy (non-hydrogen) atoms. The molecule has 0 fully saturated rings. The second kappa shape index (κ2) is 3.57. The van der Waals surface area contributed by atoms with Crippen molar-refractivity contribution in [3.63, 3.8) is 0 Å². The van der Waals surface area contributed by atoms with Crippen molar-refractivity contribution < 1.29 is 15.4 Å². The molecule has 0 heterocycles. The van der Waals surface area contributed by atoms with Crippen LogP contribution >= 0.6 is 0 Å². The van der Waals surface area contributed by atoms with Gasteiger partial charge in [0.2, 0.25) is 0 Å². The van der Waals surface area contributed by atoms with Gasteiger partial charge in [-0.25, -0.2) is 4.79 Å². The van der Waals surface area contributed by atoms with Gasteiger partial charge in [0.05, 0.1) is 10.2 Å². The Kier molecular flexibility index (Phi) is 4.92. The highest BCUT2D eigenvalue weighted by Crippen LogP contribution is 1.74. The minimum absolute atomic E-state index is 0. The summed E-state index contributed by atoms with van der Waals surface area (Å²) in [6, 6.07) is 0. The topological polar surface area (TPSA) is 68.8 Å². The molecule has 0 rings (SSSR count). The van der Waals surface area contributed by atoms with Crippen molar-refractivity contribution in [1.29, 1.82) is 0 Å². The second-order valence-corrected chi connectivity index (χ2v) is 1.39. The Bertz CT molecular complexity index is 76.2. The smallest absolute Gasteiger partial charge is 0.326 e. The Morgan fingerprint density at radius 3 is 1.86 bits per heavy atom. The lowest BCUT2D eigenvalue weighted by molar-refractivity contribution is -0.131. The van der Waals surface area contributed by atoms with Crippen molar-refractivity contribution in [2.45, 2.75) is 0 Å². The van der Waals surface area contributed by atoms with E-state index in [0.29, 0.717) is 0 Å². The van der Waals surface area contributed by atoms with Crippen molar-refractivity contribution >= 4 is 16.2 Å². The van der Waals surface area contributed by atoms with Crippen LogP contribution in [0.5, 0.6) is 0 Å². The van der Waals surface area contributed by atoms with E-state index in [1.54, 1.807) is 0 Å². The summed E-state index contributed by atoms with van der Waals surface area (Å²) >= 11 is 0. The molecule has 0 unspecified atom stereocenters. The van der Waals surface area contributed by atoms with E-state index in [4.69, 9.17) is 5.11 Å². The van der Waals surface area contributed by atoms with Crippen molar-refractivity contribution in [3.8, 4) is 0 Å². The maximum absolute atomic E-state index is 9.55. The molecule has 0 aliphatic heterocycles. The lowest BCUT2D eigenvalue weighted by Crippen LogP contribution is -1.96. The van der Waals surface area contributed by atoms with Crippen LogP contribution in [0.25, 0.3) is 0 Å². The quantitative estimate of drug-likeness (QED) is 0.351. The van der Waals surface area contributed by atoms with Crippen LogP contribution in [0.4, 0.5) is 0 Å². The highest BCUT2D eigenvalue weighted by molar-refractivity contribution is 6.34. The molecule has 0 spiro atoms. The van der Waals surface area contributed by atoms with Gasteiger partial charge in [0.1, 0.15) is 0 Å². The Hall–Kier alpha value is -0.613. The average molecular weight is 117 g/mol. The molecule has 0 saturated carbocycles. The molecule has 3 radical (unpaired) electrons. The molecule has 0 aliphatic carbocycles. The third-order valence-electron chi connectivity index (χ3n) is 0.258. The first kappa shape index (κ1) is 9.63. The van der Waals surface area contributed by atoms with Gasteiger partial charge in [0.25, 0.3) is 0 Å². The predicted octanol–water partition coefficient (Wildman–Crippen LogP) is -1.07. The summed E-state index contributed by atoms with van der Waals surface area (Å²) in [4.78, 5) is 9.55. The van der Waals surface area contributed by atoms with E-state index in [9.17, 15) is 4.79 Å². The Balaban J connectivity index is 0. The van der Waals surface area contributed by atoms with Gasteiger partial charge < -0.3 is 10.6 Å². The van der Waals surface area contributed by atoms with E-state index in [1.165, 1.54) is 0 Å². The summed E-state index contributed by atoms with van der Waals surface area (Å²) in [7, 11) is 2.69. The largest absolute Gasteiger partial charge is 0.478 e. The van der Waals surface area contributed by atoms with Crippen molar-refractivity contribution in [3.05, 3.63) is 11.8 Å². The fourth-order valence-electron chi connectivity index (χ4n) is 0. The molecule has 39 valence electrons. The van der Waals surface area contributed by atoms with Crippen LogP contribution in [0.2, 0.25) is 0 Å². The first-order chi connectivity index (χ1) is 2.64. The van der Waals surface area contributed by atoms with Crippen LogP contribution < -0.4 is 0 Å². The number of carbonyl (C=O) groups is 1. The molecule has 0 atom stereocenters. The van der Waals surface area contributed by atoms with Gasteiger partial charge in [0, 0.05) is 5.20 Å². The van der Waals surface area contributed by atoms with Gasteiger partial charge in [-0.1, -0.05) is 6.58 Å². The van der Waals surface area contributed by atoms with Gasteiger partial charge in [0.15, 0.2) is 0 Å². The summed E-state index contributed by atoms with van der Waals surface area (Å²) in [5.74, 6) is -1.02. The Morgan fingerprint density at radius 2 is 1.86 bits per heavy atom. The molecular formula is C3H5O3Si. The van der Waals surface area contributed by atoms with Crippen LogP contribution in [0, 0.1) is 0 Å². The van der Waals surface area contributed by atoms with Gasteiger partial charge in [-0.15, -0.1) is 0 Å². The summed E-state index contributed by atoms with van der Waals surface area (Å²) < 4.78 is 0. The van der Waals surface area contributed by atoms with Crippen molar-refractivity contribution in [2.75, 3.05) is 0 Å². The number of aliphatic carboxylic acids is 1. The SMILES string of the molecule is C=C([Si])C(=O)O.O. The normalized spacial score (nSPS) is 6.43. The highest BCUT2D eigenvalue weighted by atomic mass is 28.1. The van der Waals surface area contributed by atoms with Crippen LogP contribution in [-0.2, 0) is 4.79 Å². The molecule has 0 saturated heterocycles. The molecular weight excluding hydrogens is 112 g/mol. The minimum Gasteiger partial charge on any atom is -0.478 e. The van der Waals surface area contributed by atoms with E-state index in [0.717, 1.165) is 0 Å². The second-order valence-electron chi connectivity index (χ2n) is 0.784. The van der Waals surface area contributed by atoms with Crippen LogP contribution in [-0.4, -0.2) is 26.8 Å². The molecule has 3 nitrogen and oxygen atoms in total. The lowest BCUT2D eigenvalue weighted by Gasteiger charge is -1.79. The molecule has 3 N–H and O–H groups in total. The standard InChI is InChI=1S/C3H3O2Si.H2O/c1-2(6)3(4)5;/h1H2,(H,4,5);1H2. The van der Waals surface area contributed by atoms with E-state index in [-0.39, 0.29) is 10.7 Å². The number of hydrogen-bond donors (Lipinski definition) is 1. The van der Waals surface area contributed by atoms with E-state index in [2.05, 4.69) is 16.8 Å². The molecule has 0 aromatic heterocycles. The summed E-state index contributed by atoms with van der Waals surface area (Å²) in [5, 5.41) is 7.82. The maximum Gasteiger partial charge on any atom is 0.326 e. The summed E-state index contributed by atoms with van der Waals surface area (Å²) in [6.45, 7) is 3.07. The van der Waals surface area contributed by atoms with Crippen molar-refractivity contribution in [2.24, 2.45) is 0 Å². The van der Waals surface area contributed by atoms with Gasteiger partial charge in [-0.2, -0.15) is 0 Å². The van der Waals surface area contributed by atoms with E-state index in [1.807, 2.05) is 0 Å². The van der Waals surface area contributed by atoms with Gasteiger partial charge >= 0.3 is 5.97 Å². The average Bonchev–Trinajstić information content (AvgIpc) is 1.36.